The average molecular weight is 448 g/mol. The number of carbonyl (C=O) groups is 1. The van der Waals surface area contributed by atoms with Crippen molar-refractivity contribution in [3.05, 3.63) is 70.3 Å². The molecule has 0 bridgehead atoms. The largest absolute Gasteiger partial charge is 0.479 e. The maximum absolute atomic E-state index is 13.3. The van der Waals surface area contributed by atoms with Gasteiger partial charge in [0.05, 0.1) is 23.7 Å². The maximum Gasteiger partial charge on any atom is 0.347 e. The standard InChI is InChI=1S/C26H29N3O4/c1-3-32-26(31)18(2)33-21-13-9-10-19(16-21)17-27-29-24(20-11-5-4-6-12-20)28-23-15-8-7-14-22(23)25(29)30/h7-10,13-18,20H,3-6,11-12H2,1-2H3/t18-/m1/s1. The van der Waals surface area contributed by atoms with Crippen LogP contribution in [0.2, 0.25) is 0 Å². The molecule has 1 atom stereocenters. The molecule has 172 valence electrons. The molecule has 0 saturated heterocycles. The number of esters is 1. The SMILES string of the molecule is CCOC(=O)[C@@H](C)Oc1cccc(C=Nn2c(C3CCCCC3)nc3ccccc3c2=O)c1. The summed E-state index contributed by atoms with van der Waals surface area (Å²) in [5, 5.41) is 5.11. The number of hydrogen-bond acceptors (Lipinski definition) is 6. The Morgan fingerprint density at radius 3 is 2.76 bits per heavy atom. The number of para-hydroxylation sites is 1. The fourth-order valence-corrected chi connectivity index (χ4v) is 4.18. The Hall–Kier alpha value is -3.48. The third-order valence-corrected chi connectivity index (χ3v) is 5.86. The highest BCUT2D eigenvalue weighted by atomic mass is 16.6. The van der Waals surface area contributed by atoms with E-state index >= 15 is 0 Å². The minimum Gasteiger partial charge on any atom is -0.479 e. The summed E-state index contributed by atoms with van der Waals surface area (Å²) in [5.41, 5.74) is 1.29. The number of fused-ring (bicyclic) bond motifs is 1. The molecule has 33 heavy (non-hydrogen) atoms. The third-order valence-electron chi connectivity index (χ3n) is 5.86. The van der Waals surface area contributed by atoms with E-state index in [-0.39, 0.29) is 11.5 Å². The topological polar surface area (TPSA) is 82.8 Å². The lowest BCUT2D eigenvalue weighted by Crippen LogP contribution is -2.26. The molecule has 1 aliphatic rings. The van der Waals surface area contributed by atoms with Crippen LogP contribution in [0.3, 0.4) is 0 Å². The summed E-state index contributed by atoms with van der Waals surface area (Å²) in [6, 6.07) is 14.6. The molecular weight excluding hydrogens is 418 g/mol. The molecule has 3 aromatic rings. The zero-order chi connectivity index (χ0) is 23.2. The van der Waals surface area contributed by atoms with Crippen LogP contribution in [-0.2, 0) is 9.53 Å². The molecule has 1 heterocycles. The van der Waals surface area contributed by atoms with Gasteiger partial charge in [0.2, 0.25) is 0 Å². The predicted molar refractivity (Wildman–Crippen MR) is 128 cm³/mol. The van der Waals surface area contributed by atoms with Crippen molar-refractivity contribution in [3.8, 4) is 5.75 Å². The van der Waals surface area contributed by atoms with E-state index in [1.807, 2.05) is 30.3 Å². The first kappa shape index (κ1) is 22.7. The normalized spacial score (nSPS) is 15.6. The molecule has 1 aliphatic carbocycles. The van der Waals surface area contributed by atoms with E-state index in [1.165, 1.54) is 11.1 Å². The molecule has 4 rings (SSSR count). The Bertz CT molecular complexity index is 1210. The van der Waals surface area contributed by atoms with Gasteiger partial charge in [-0.25, -0.2) is 9.78 Å². The molecule has 1 fully saturated rings. The van der Waals surface area contributed by atoms with E-state index in [0.717, 1.165) is 37.1 Å². The van der Waals surface area contributed by atoms with Crippen LogP contribution in [0.5, 0.6) is 5.75 Å². The lowest BCUT2D eigenvalue weighted by molar-refractivity contribution is -0.150. The van der Waals surface area contributed by atoms with Gasteiger partial charge in [0, 0.05) is 5.92 Å². The van der Waals surface area contributed by atoms with Crippen molar-refractivity contribution in [1.82, 2.24) is 9.66 Å². The molecule has 1 saturated carbocycles. The molecule has 7 nitrogen and oxygen atoms in total. The van der Waals surface area contributed by atoms with Crippen LogP contribution >= 0.6 is 0 Å². The average Bonchev–Trinajstić information content (AvgIpc) is 2.84. The summed E-state index contributed by atoms with van der Waals surface area (Å²) in [7, 11) is 0. The van der Waals surface area contributed by atoms with E-state index in [1.54, 1.807) is 38.3 Å². The highest BCUT2D eigenvalue weighted by molar-refractivity contribution is 5.81. The van der Waals surface area contributed by atoms with Crippen LogP contribution in [-0.4, -0.2) is 34.6 Å². The summed E-state index contributed by atoms with van der Waals surface area (Å²) >= 11 is 0. The van der Waals surface area contributed by atoms with E-state index in [9.17, 15) is 9.59 Å². The summed E-state index contributed by atoms with van der Waals surface area (Å²) in [6.45, 7) is 3.71. The van der Waals surface area contributed by atoms with Gasteiger partial charge in [-0.2, -0.15) is 9.78 Å². The lowest BCUT2D eigenvalue weighted by atomic mass is 9.88. The summed E-state index contributed by atoms with van der Waals surface area (Å²) in [4.78, 5) is 30.0. The Morgan fingerprint density at radius 1 is 1.18 bits per heavy atom. The Morgan fingerprint density at radius 2 is 1.97 bits per heavy atom. The van der Waals surface area contributed by atoms with Crippen LogP contribution in [0, 0.1) is 0 Å². The van der Waals surface area contributed by atoms with Crippen molar-refractivity contribution in [3.63, 3.8) is 0 Å². The van der Waals surface area contributed by atoms with Gasteiger partial charge in [0.1, 0.15) is 11.6 Å². The minimum atomic E-state index is -0.720. The molecule has 0 aliphatic heterocycles. The molecular formula is C26H29N3O4. The smallest absolute Gasteiger partial charge is 0.347 e. The first-order valence-corrected chi connectivity index (χ1v) is 11.6. The molecule has 0 N–H and O–H groups in total. The van der Waals surface area contributed by atoms with Crippen molar-refractivity contribution in [1.29, 1.82) is 0 Å². The summed E-state index contributed by atoms with van der Waals surface area (Å²) in [5.74, 6) is 1.05. The molecule has 0 amide bonds. The van der Waals surface area contributed by atoms with Crippen molar-refractivity contribution in [2.24, 2.45) is 5.10 Å². The zero-order valence-corrected chi connectivity index (χ0v) is 19.1. The number of benzene rings is 2. The quantitative estimate of drug-likeness (QED) is 0.389. The van der Waals surface area contributed by atoms with Gasteiger partial charge in [-0.05, 0) is 56.5 Å². The molecule has 7 heteroatoms. The fourth-order valence-electron chi connectivity index (χ4n) is 4.18. The number of rotatable bonds is 7. The van der Waals surface area contributed by atoms with Crippen LogP contribution in [0.25, 0.3) is 10.9 Å². The highest BCUT2D eigenvalue weighted by Crippen LogP contribution is 2.31. The highest BCUT2D eigenvalue weighted by Gasteiger charge is 2.22. The van der Waals surface area contributed by atoms with Crippen LogP contribution < -0.4 is 10.3 Å². The first-order chi connectivity index (χ1) is 16.1. The molecule has 2 aromatic carbocycles. The number of aromatic nitrogens is 2. The van der Waals surface area contributed by atoms with Gasteiger partial charge in [0.25, 0.3) is 5.56 Å². The molecule has 0 radical (unpaired) electrons. The van der Waals surface area contributed by atoms with Gasteiger partial charge in [-0.3, -0.25) is 4.79 Å². The van der Waals surface area contributed by atoms with Crippen molar-refractivity contribution in [2.45, 2.75) is 58.0 Å². The van der Waals surface area contributed by atoms with Gasteiger partial charge in [-0.15, -0.1) is 0 Å². The fraction of sp³-hybridized carbons (Fsp3) is 0.385. The number of ether oxygens (including phenoxy) is 2. The van der Waals surface area contributed by atoms with Gasteiger partial charge >= 0.3 is 5.97 Å². The number of hydrogen-bond donors (Lipinski definition) is 0. The predicted octanol–water partition coefficient (Wildman–Crippen LogP) is 4.66. The number of nitrogens with zero attached hydrogens (tertiary/aromatic N) is 3. The number of carbonyl (C=O) groups excluding carboxylic acids is 1. The second-order valence-corrected chi connectivity index (χ2v) is 8.27. The monoisotopic (exact) mass is 447 g/mol. The molecule has 0 spiro atoms. The van der Waals surface area contributed by atoms with E-state index < -0.39 is 12.1 Å². The van der Waals surface area contributed by atoms with Gasteiger partial charge in [-0.1, -0.05) is 43.5 Å². The summed E-state index contributed by atoms with van der Waals surface area (Å²) < 4.78 is 12.2. The van der Waals surface area contributed by atoms with E-state index in [4.69, 9.17) is 14.5 Å². The Labute approximate surface area is 193 Å². The van der Waals surface area contributed by atoms with Crippen LogP contribution in [0.1, 0.15) is 63.3 Å². The van der Waals surface area contributed by atoms with Crippen LogP contribution in [0.4, 0.5) is 0 Å². The Kier molecular flexibility index (Phi) is 7.17. The summed E-state index contributed by atoms with van der Waals surface area (Å²) in [6.07, 6.45) is 6.41. The third kappa shape index (κ3) is 5.30. The maximum atomic E-state index is 13.3. The minimum absolute atomic E-state index is 0.166. The first-order valence-electron chi connectivity index (χ1n) is 11.6. The van der Waals surface area contributed by atoms with Crippen molar-refractivity contribution in [2.75, 3.05) is 6.61 Å². The second kappa shape index (κ2) is 10.4. The second-order valence-electron chi connectivity index (χ2n) is 8.27. The lowest BCUT2D eigenvalue weighted by Gasteiger charge is -2.22. The molecule has 0 unspecified atom stereocenters. The van der Waals surface area contributed by atoms with Crippen LogP contribution in [0.15, 0.2) is 58.4 Å². The van der Waals surface area contributed by atoms with E-state index in [2.05, 4.69) is 5.10 Å². The van der Waals surface area contributed by atoms with Gasteiger partial charge < -0.3 is 9.47 Å². The van der Waals surface area contributed by atoms with Gasteiger partial charge in [0.15, 0.2) is 6.10 Å². The zero-order valence-electron chi connectivity index (χ0n) is 19.1. The van der Waals surface area contributed by atoms with E-state index in [0.29, 0.717) is 23.3 Å². The Balaban J connectivity index is 1.66. The van der Waals surface area contributed by atoms with Crippen molar-refractivity contribution >= 4 is 23.1 Å². The molecule has 1 aromatic heterocycles. The van der Waals surface area contributed by atoms with Crippen molar-refractivity contribution < 1.29 is 14.3 Å².